The molecule has 0 unspecified atom stereocenters. The fourth-order valence-electron chi connectivity index (χ4n) is 4.93. The zero-order valence-electron chi connectivity index (χ0n) is 20.6. The topological polar surface area (TPSA) is 44.4 Å². The lowest BCUT2D eigenvalue weighted by molar-refractivity contribution is -0.118. The normalized spacial score (nSPS) is 19.9. The van der Waals surface area contributed by atoms with Gasteiger partial charge in [0.25, 0.3) is 0 Å². The van der Waals surface area contributed by atoms with Crippen LogP contribution in [-0.4, -0.2) is 17.4 Å². The molecule has 2 N–H and O–H groups in total. The molecule has 0 aromatic heterocycles. The third-order valence-electron chi connectivity index (χ3n) is 6.54. The molecule has 0 saturated carbocycles. The molecule has 1 heterocycles. The quantitative estimate of drug-likeness (QED) is 0.500. The van der Waals surface area contributed by atoms with Crippen LogP contribution in [0.15, 0.2) is 59.8 Å². The van der Waals surface area contributed by atoms with Crippen LogP contribution in [0.1, 0.15) is 71.6 Å². The predicted molar refractivity (Wildman–Crippen MR) is 142 cm³/mol. The molecule has 2 aromatic rings. The summed E-state index contributed by atoms with van der Waals surface area (Å²) >= 11 is 5.90. The maximum atomic E-state index is 13.7. The van der Waals surface area contributed by atoms with Gasteiger partial charge in [-0.05, 0) is 59.7 Å². The second-order valence-electron chi connectivity index (χ2n) is 11.0. The van der Waals surface area contributed by atoms with Crippen LogP contribution in [0.2, 0.25) is 0 Å². The molecule has 0 spiro atoms. The predicted octanol–water partition coefficient (Wildman–Crippen LogP) is 6.49. The van der Waals surface area contributed by atoms with Crippen molar-refractivity contribution in [3.05, 3.63) is 70.9 Å². The summed E-state index contributed by atoms with van der Waals surface area (Å²) in [6, 6.07) is 16.6. The smallest absolute Gasteiger partial charge is 0.174 e. The van der Waals surface area contributed by atoms with Crippen LogP contribution in [0, 0.1) is 5.41 Å². The SMILES string of the molecule is CCNC(=S)N1c2ccccc2NC2=C(C(=O)CC(C)(C)C2)[C@H]1c1ccc(C(C)(C)C)cc1. The van der Waals surface area contributed by atoms with Gasteiger partial charge in [-0.3, -0.25) is 4.79 Å². The van der Waals surface area contributed by atoms with Crippen molar-refractivity contribution in [3.63, 3.8) is 0 Å². The summed E-state index contributed by atoms with van der Waals surface area (Å²) in [5.41, 5.74) is 6.11. The first kappa shape index (κ1) is 23.5. The van der Waals surface area contributed by atoms with Crippen molar-refractivity contribution in [2.24, 2.45) is 5.41 Å². The minimum atomic E-state index is -0.291. The molecule has 2 aromatic carbocycles. The van der Waals surface area contributed by atoms with E-state index in [2.05, 4.69) is 86.6 Å². The molecule has 0 amide bonds. The number of nitrogens with one attached hydrogen (secondary N) is 2. The van der Waals surface area contributed by atoms with E-state index in [4.69, 9.17) is 12.2 Å². The number of anilines is 2. The van der Waals surface area contributed by atoms with Crippen molar-refractivity contribution in [1.82, 2.24) is 5.32 Å². The number of carbonyl (C=O) groups is 1. The average molecular weight is 462 g/mol. The van der Waals surface area contributed by atoms with E-state index in [1.165, 1.54) is 5.56 Å². The molecule has 4 rings (SSSR count). The van der Waals surface area contributed by atoms with Crippen LogP contribution >= 0.6 is 12.2 Å². The van der Waals surface area contributed by atoms with Gasteiger partial charge in [0.15, 0.2) is 10.9 Å². The van der Waals surface area contributed by atoms with Crippen LogP contribution in [0.3, 0.4) is 0 Å². The van der Waals surface area contributed by atoms with Crippen LogP contribution in [0.4, 0.5) is 11.4 Å². The summed E-state index contributed by atoms with van der Waals surface area (Å²) < 4.78 is 0. The van der Waals surface area contributed by atoms with Crippen LogP contribution in [-0.2, 0) is 10.2 Å². The van der Waals surface area contributed by atoms with Crippen molar-refractivity contribution < 1.29 is 4.79 Å². The highest BCUT2D eigenvalue weighted by Crippen LogP contribution is 2.48. The highest BCUT2D eigenvalue weighted by atomic mass is 32.1. The van der Waals surface area contributed by atoms with E-state index in [9.17, 15) is 4.79 Å². The molecule has 0 bridgehead atoms. The molecule has 1 atom stereocenters. The number of allylic oxidation sites excluding steroid dienone is 1. The molecule has 1 aliphatic heterocycles. The Kier molecular flexibility index (Phi) is 6.12. The number of rotatable bonds is 2. The molecule has 0 saturated heterocycles. The van der Waals surface area contributed by atoms with Crippen LogP contribution in [0.25, 0.3) is 0 Å². The van der Waals surface area contributed by atoms with Gasteiger partial charge < -0.3 is 15.5 Å². The van der Waals surface area contributed by atoms with Gasteiger partial charge in [-0.15, -0.1) is 0 Å². The summed E-state index contributed by atoms with van der Waals surface area (Å²) in [5, 5.41) is 7.61. The van der Waals surface area contributed by atoms with Crippen molar-refractivity contribution in [3.8, 4) is 0 Å². The van der Waals surface area contributed by atoms with E-state index < -0.39 is 0 Å². The monoisotopic (exact) mass is 461 g/mol. The number of hydrogen-bond acceptors (Lipinski definition) is 3. The zero-order chi connectivity index (χ0) is 24.0. The van der Waals surface area contributed by atoms with Crippen molar-refractivity contribution >= 4 is 34.5 Å². The van der Waals surface area contributed by atoms with E-state index in [0.29, 0.717) is 18.1 Å². The molecule has 4 nitrogen and oxygen atoms in total. The molecular formula is C28H35N3OS. The lowest BCUT2D eigenvalue weighted by Gasteiger charge is -2.38. The summed E-state index contributed by atoms with van der Waals surface area (Å²) in [5.74, 6) is 0.191. The van der Waals surface area contributed by atoms with Gasteiger partial charge in [-0.1, -0.05) is 71.0 Å². The minimum absolute atomic E-state index is 0.0595. The molecule has 174 valence electrons. The fraction of sp³-hybridized carbons (Fsp3) is 0.429. The molecular weight excluding hydrogens is 426 g/mol. The fourth-order valence-corrected chi connectivity index (χ4v) is 5.28. The highest BCUT2D eigenvalue weighted by molar-refractivity contribution is 7.80. The first-order valence-corrected chi connectivity index (χ1v) is 12.2. The van der Waals surface area contributed by atoms with Gasteiger partial charge in [-0.25, -0.2) is 0 Å². The lowest BCUT2D eigenvalue weighted by atomic mass is 9.73. The van der Waals surface area contributed by atoms with Crippen LogP contribution in [0.5, 0.6) is 0 Å². The van der Waals surface area contributed by atoms with Gasteiger partial charge in [0, 0.05) is 24.2 Å². The number of benzene rings is 2. The zero-order valence-corrected chi connectivity index (χ0v) is 21.4. The van der Waals surface area contributed by atoms with Crippen molar-refractivity contribution in [2.75, 3.05) is 16.8 Å². The van der Waals surface area contributed by atoms with Gasteiger partial charge >= 0.3 is 0 Å². The van der Waals surface area contributed by atoms with Gasteiger partial charge in [0.1, 0.15) is 0 Å². The van der Waals surface area contributed by atoms with Crippen molar-refractivity contribution in [1.29, 1.82) is 0 Å². The average Bonchev–Trinajstić information content (AvgIpc) is 2.86. The highest BCUT2D eigenvalue weighted by Gasteiger charge is 2.42. The molecule has 1 aliphatic carbocycles. The Hall–Kier alpha value is -2.66. The molecule has 33 heavy (non-hydrogen) atoms. The molecule has 0 radical (unpaired) electrons. The number of carbonyl (C=O) groups excluding carboxylic acids is 1. The third kappa shape index (κ3) is 4.56. The number of Topliss-reactive ketones (excluding diaryl/α,β-unsaturated/α-hetero) is 1. The van der Waals surface area contributed by atoms with Gasteiger partial charge in [0.05, 0.1) is 17.4 Å². The Labute approximate surface area is 203 Å². The van der Waals surface area contributed by atoms with E-state index >= 15 is 0 Å². The number of thiocarbonyl (C=S) groups is 1. The van der Waals surface area contributed by atoms with E-state index in [1.807, 2.05) is 19.1 Å². The van der Waals surface area contributed by atoms with Gasteiger partial charge in [0.2, 0.25) is 0 Å². The largest absolute Gasteiger partial charge is 0.363 e. The Balaban J connectivity index is 1.96. The number of para-hydroxylation sites is 2. The Morgan fingerprint density at radius 2 is 1.79 bits per heavy atom. The standard InChI is InChI=1S/C28H35N3OS/c1-7-29-26(33)31-22-11-9-8-10-20(22)30-21-16-28(5,6)17-23(32)24(21)25(31)18-12-14-19(15-13-18)27(2,3)4/h8-15,25,30H,7,16-17H2,1-6H3,(H,29,33)/t25-/m1/s1. The maximum absolute atomic E-state index is 13.7. The second kappa shape index (κ2) is 8.60. The number of ketones is 1. The summed E-state index contributed by atoms with van der Waals surface area (Å²) in [7, 11) is 0. The third-order valence-corrected chi connectivity index (χ3v) is 6.88. The van der Waals surface area contributed by atoms with Crippen molar-refractivity contribution in [2.45, 2.75) is 65.8 Å². The molecule has 5 heteroatoms. The minimum Gasteiger partial charge on any atom is -0.363 e. The Morgan fingerprint density at radius 3 is 2.42 bits per heavy atom. The number of hydrogen-bond donors (Lipinski definition) is 2. The number of nitrogens with zero attached hydrogens (tertiary/aromatic N) is 1. The summed E-state index contributed by atoms with van der Waals surface area (Å²) in [4.78, 5) is 15.8. The first-order valence-electron chi connectivity index (χ1n) is 11.8. The molecule has 2 aliphatic rings. The van der Waals surface area contributed by atoms with E-state index in [0.717, 1.165) is 34.6 Å². The Morgan fingerprint density at radius 1 is 1.12 bits per heavy atom. The molecule has 0 fully saturated rings. The van der Waals surface area contributed by atoms with E-state index in [-0.39, 0.29) is 22.7 Å². The lowest BCUT2D eigenvalue weighted by Crippen LogP contribution is -2.44. The van der Waals surface area contributed by atoms with E-state index in [1.54, 1.807) is 0 Å². The summed E-state index contributed by atoms with van der Waals surface area (Å²) in [6.07, 6.45) is 1.35. The second-order valence-corrected chi connectivity index (χ2v) is 11.3. The Bertz CT molecular complexity index is 1110. The number of fused-ring (bicyclic) bond motifs is 1. The van der Waals surface area contributed by atoms with Gasteiger partial charge in [-0.2, -0.15) is 0 Å². The van der Waals surface area contributed by atoms with Crippen LogP contribution < -0.4 is 15.5 Å². The first-order chi connectivity index (χ1) is 15.5. The summed E-state index contributed by atoms with van der Waals surface area (Å²) in [6.45, 7) is 13.7. The maximum Gasteiger partial charge on any atom is 0.174 e.